The highest BCUT2D eigenvalue weighted by molar-refractivity contribution is 9.10. The highest BCUT2D eigenvalue weighted by atomic mass is 79.9. The second kappa shape index (κ2) is 8.10. The van der Waals surface area contributed by atoms with Crippen LogP contribution in [0.4, 0.5) is 5.69 Å². The van der Waals surface area contributed by atoms with Crippen molar-refractivity contribution in [3.63, 3.8) is 0 Å². The second-order valence-corrected chi connectivity index (χ2v) is 8.07. The van der Waals surface area contributed by atoms with Crippen LogP contribution in [0.25, 0.3) is 10.9 Å². The average Bonchev–Trinajstić information content (AvgIpc) is 2.68. The maximum Gasteiger partial charge on any atom is 0.291 e. The number of amides is 1. The molecule has 1 heterocycles. The molecule has 1 amide bonds. The number of carbonyl (C=O) groups is 2. The quantitative estimate of drug-likeness (QED) is 0.554. The van der Waals surface area contributed by atoms with Crippen LogP contribution in [0.2, 0.25) is 0 Å². The number of nitrogens with zero attached hydrogens (tertiary/aromatic N) is 1. The summed E-state index contributed by atoms with van der Waals surface area (Å²) in [6.07, 6.45) is 1.74. The largest absolute Gasteiger partial charge is 0.496 e. The molecule has 6 heteroatoms. The third kappa shape index (κ3) is 4.22. The Bertz CT molecular complexity index is 1040. The van der Waals surface area contributed by atoms with E-state index in [1.54, 1.807) is 31.5 Å². The van der Waals surface area contributed by atoms with E-state index in [0.29, 0.717) is 11.4 Å². The first kappa shape index (κ1) is 20.0. The number of Topliss-reactive ketones (excluding diaryl/α,β-unsaturated/α-hetero) is 1. The molecule has 0 saturated heterocycles. The first-order chi connectivity index (χ1) is 13.3. The zero-order valence-corrected chi connectivity index (χ0v) is 17.5. The van der Waals surface area contributed by atoms with Crippen LogP contribution in [0, 0.1) is 0 Å². The van der Waals surface area contributed by atoms with Crippen molar-refractivity contribution in [2.75, 3.05) is 12.4 Å². The molecule has 2 aromatic carbocycles. The molecule has 0 radical (unpaired) electrons. The molecule has 0 saturated carbocycles. The van der Waals surface area contributed by atoms with E-state index in [0.717, 1.165) is 20.9 Å². The lowest BCUT2D eigenvalue weighted by atomic mass is 9.79. The summed E-state index contributed by atoms with van der Waals surface area (Å²) in [6.45, 7) is 3.84. The molecule has 0 aliphatic carbocycles. The smallest absolute Gasteiger partial charge is 0.291 e. The Morgan fingerprint density at radius 1 is 1.14 bits per heavy atom. The molecule has 0 bridgehead atoms. The van der Waals surface area contributed by atoms with Gasteiger partial charge in [0.25, 0.3) is 5.91 Å². The highest BCUT2D eigenvalue weighted by Gasteiger charge is 2.30. The van der Waals surface area contributed by atoms with Crippen molar-refractivity contribution in [2.24, 2.45) is 0 Å². The SMILES string of the molecule is COc1ccc(Br)cc1C(C)(C)CC(=O)C(=O)Nc1cccc2ncccc12. The average molecular weight is 441 g/mol. The minimum atomic E-state index is -0.640. The van der Waals surface area contributed by atoms with Crippen molar-refractivity contribution in [3.05, 3.63) is 64.8 Å². The van der Waals surface area contributed by atoms with Gasteiger partial charge in [0.1, 0.15) is 5.75 Å². The van der Waals surface area contributed by atoms with Gasteiger partial charge in [0, 0.05) is 33.5 Å². The number of methoxy groups -OCH3 is 1. The number of anilines is 1. The van der Waals surface area contributed by atoms with E-state index < -0.39 is 17.1 Å². The number of fused-ring (bicyclic) bond motifs is 1. The van der Waals surface area contributed by atoms with Gasteiger partial charge in [-0.25, -0.2) is 0 Å². The fraction of sp³-hybridized carbons (Fsp3) is 0.227. The molecular weight excluding hydrogens is 420 g/mol. The van der Waals surface area contributed by atoms with Gasteiger partial charge in [0.05, 0.1) is 18.3 Å². The summed E-state index contributed by atoms with van der Waals surface area (Å²) >= 11 is 3.45. The predicted octanol–water partition coefficient (Wildman–Crippen LogP) is 4.88. The Morgan fingerprint density at radius 3 is 2.68 bits per heavy atom. The van der Waals surface area contributed by atoms with Crippen molar-refractivity contribution >= 4 is 44.2 Å². The van der Waals surface area contributed by atoms with Gasteiger partial charge in [-0.2, -0.15) is 0 Å². The Kier molecular flexibility index (Phi) is 5.79. The van der Waals surface area contributed by atoms with Crippen molar-refractivity contribution < 1.29 is 14.3 Å². The van der Waals surface area contributed by atoms with Crippen molar-refractivity contribution in [2.45, 2.75) is 25.7 Å². The summed E-state index contributed by atoms with van der Waals surface area (Å²) in [5.41, 5.74) is 1.61. The molecule has 1 aromatic heterocycles. The van der Waals surface area contributed by atoms with Crippen LogP contribution in [0.1, 0.15) is 25.8 Å². The molecule has 0 unspecified atom stereocenters. The Hall–Kier alpha value is -2.73. The van der Waals surface area contributed by atoms with Crippen LogP contribution in [0.3, 0.4) is 0 Å². The summed E-state index contributed by atoms with van der Waals surface area (Å²) in [4.78, 5) is 29.5. The van der Waals surface area contributed by atoms with Crippen molar-refractivity contribution in [1.29, 1.82) is 0 Å². The van der Waals surface area contributed by atoms with E-state index in [2.05, 4.69) is 26.2 Å². The third-order valence-corrected chi connectivity index (χ3v) is 5.13. The van der Waals surface area contributed by atoms with Crippen LogP contribution < -0.4 is 10.1 Å². The van der Waals surface area contributed by atoms with Crippen LogP contribution in [0.15, 0.2) is 59.2 Å². The number of pyridine rings is 1. The van der Waals surface area contributed by atoms with E-state index in [4.69, 9.17) is 4.74 Å². The normalized spacial score (nSPS) is 11.3. The zero-order chi connectivity index (χ0) is 20.3. The summed E-state index contributed by atoms with van der Waals surface area (Å²) in [5, 5.41) is 3.52. The van der Waals surface area contributed by atoms with E-state index in [1.807, 2.05) is 44.2 Å². The fourth-order valence-electron chi connectivity index (χ4n) is 3.19. The van der Waals surface area contributed by atoms with Gasteiger partial charge in [0.2, 0.25) is 5.78 Å². The third-order valence-electron chi connectivity index (χ3n) is 4.64. The molecule has 0 fully saturated rings. The molecule has 0 aliphatic heterocycles. The monoisotopic (exact) mass is 440 g/mol. The molecule has 144 valence electrons. The lowest BCUT2D eigenvalue weighted by Crippen LogP contribution is -2.30. The molecule has 5 nitrogen and oxygen atoms in total. The molecule has 28 heavy (non-hydrogen) atoms. The van der Waals surface area contributed by atoms with Crippen molar-refractivity contribution in [1.82, 2.24) is 4.98 Å². The van der Waals surface area contributed by atoms with Gasteiger partial charge in [-0.15, -0.1) is 0 Å². The Labute approximate surface area is 172 Å². The molecule has 0 spiro atoms. The van der Waals surface area contributed by atoms with Gasteiger partial charge in [-0.3, -0.25) is 14.6 Å². The van der Waals surface area contributed by atoms with E-state index >= 15 is 0 Å². The topological polar surface area (TPSA) is 68.3 Å². The number of ketones is 1. The Morgan fingerprint density at radius 2 is 1.93 bits per heavy atom. The molecule has 3 aromatic rings. The fourth-order valence-corrected chi connectivity index (χ4v) is 3.55. The number of carbonyl (C=O) groups excluding carboxylic acids is 2. The number of hydrogen-bond donors (Lipinski definition) is 1. The molecule has 1 N–H and O–H groups in total. The van der Waals surface area contributed by atoms with Gasteiger partial charge < -0.3 is 10.1 Å². The lowest BCUT2D eigenvalue weighted by Gasteiger charge is -2.26. The number of aromatic nitrogens is 1. The predicted molar refractivity (Wildman–Crippen MR) is 114 cm³/mol. The van der Waals surface area contributed by atoms with Gasteiger partial charge in [-0.1, -0.05) is 35.8 Å². The number of benzene rings is 2. The van der Waals surface area contributed by atoms with Gasteiger partial charge >= 0.3 is 0 Å². The molecular formula is C22H21BrN2O3. The number of halogens is 1. The highest BCUT2D eigenvalue weighted by Crippen LogP contribution is 2.36. The first-order valence-electron chi connectivity index (χ1n) is 8.84. The van der Waals surface area contributed by atoms with Crippen LogP contribution in [-0.2, 0) is 15.0 Å². The summed E-state index contributed by atoms with van der Waals surface area (Å²) in [6, 6.07) is 14.7. The molecule has 3 rings (SSSR count). The number of rotatable bonds is 6. The summed E-state index contributed by atoms with van der Waals surface area (Å²) < 4.78 is 6.32. The van der Waals surface area contributed by atoms with E-state index in [-0.39, 0.29) is 6.42 Å². The van der Waals surface area contributed by atoms with E-state index in [1.165, 1.54) is 0 Å². The number of nitrogens with one attached hydrogen (secondary N) is 1. The second-order valence-electron chi connectivity index (χ2n) is 7.16. The minimum Gasteiger partial charge on any atom is -0.496 e. The zero-order valence-electron chi connectivity index (χ0n) is 16.0. The minimum absolute atomic E-state index is 0.0503. The maximum atomic E-state index is 12.7. The first-order valence-corrected chi connectivity index (χ1v) is 9.63. The maximum absolute atomic E-state index is 12.7. The molecule has 0 atom stereocenters. The summed E-state index contributed by atoms with van der Waals surface area (Å²) in [7, 11) is 1.59. The van der Waals surface area contributed by atoms with Gasteiger partial charge in [0.15, 0.2) is 0 Å². The summed E-state index contributed by atoms with van der Waals surface area (Å²) in [5.74, 6) is -0.451. The standard InChI is InChI=1S/C22H21BrN2O3/c1-22(2,16-12-14(23)9-10-20(16)28-3)13-19(26)21(27)25-18-8-4-7-17-15(18)6-5-11-24-17/h4-12H,13H2,1-3H3,(H,25,27). The van der Waals surface area contributed by atoms with Crippen LogP contribution in [-0.4, -0.2) is 23.8 Å². The number of hydrogen-bond acceptors (Lipinski definition) is 4. The van der Waals surface area contributed by atoms with Gasteiger partial charge in [-0.05, 0) is 42.5 Å². The van der Waals surface area contributed by atoms with Crippen LogP contribution >= 0.6 is 15.9 Å². The van der Waals surface area contributed by atoms with E-state index in [9.17, 15) is 9.59 Å². The Balaban J connectivity index is 1.80. The molecule has 0 aliphatic rings. The number of ether oxygens (including phenoxy) is 1. The lowest BCUT2D eigenvalue weighted by molar-refractivity contribution is -0.135. The van der Waals surface area contributed by atoms with Crippen molar-refractivity contribution in [3.8, 4) is 5.75 Å². The van der Waals surface area contributed by atoms with Crippen LogP contribution in [0.5, 0.6) is 5.75 Å².